The molecular formula is C10H18N4OS. The fraction of sp³-hybridized carbons (Fsp3) is 0.700. The maximum atomic E-state index is 11.9. The van der Waals surface area contributed by atoms with Crippen molar-refractivity contribution in [2.75, 3.05) is 5.32 Å². The van der Waals surface area contributed by atoms with Crippen LogP contribution in [0.15, 0.2) is 0 Å². The van der Waals surface area contributed by atoms with Crippen molar-refractivity contribution in [1.29, 1.82) is 0 Å². The standard InChI is InChI=1S/C10H18N4OS/c1-4-7-13-14-9(16-7)12-8(15)10(11,5-2)6-3/h4-6,11H2,1-3H3,(H,12,14,15). The zero-order chi connectivity index (χ0) is 12.2. The van der Waals surface area contributed by atoms with Gasteiger partial charge in [0.25, 0.3) is 0 Å². The molecule has 0 unspecified atom stereocenters. The highest BCUT2D eigenvalue weighted by Crippen LogP contribution is 2.19. The first-order chi connectivity index (χ1) is 7.55. The van der Waals surface area contributed by atoms with Crippen LogP contribution in [0, 0.1) is 0 Å². The molecule has 6 heteroatoms. The first-order valence-electron chi connectivity index (χ1n) is 5.48. The molecule has 16 heavy (non-hydrogen) atoms. The van der Waals surface area contributed by atoms with Gasteiger partial charge in [0, 0.05) is 0 Å². The largest absolute Gasteiger partial charge is 0.317 e. The molecule has 90 valence electrons. The number of amides is 1. The summed E-state index contributed by atoms with van der Waals surface area (Å²) in [5.74, 6) is -0.184. The number of aromatic nitrogens is 2. The summed E-state index contributed by atoms with van der Waals surface area (Å²) in [6.07, 6.45) is 2.03. The molecule has 1 heterocycles. The van der Waals surface area contributed by atoms with Crippen LogP contribution < -0.4 is 11.1 Å². The molecule has 1 rings (SSSR count). The van der Waals surface area contributed by atoms with Gasteiger partial charge in [0.2, 0.25) is 11.0 Å². The van der Waals surface area contributed by atoms with Gasteiger partial charge in [-0.1, -0.05) is 32.1 Å². The Hall–Kier alpha value is -1.01. The lowest BCUT2D eigenvalue weighted by Crippen LogP contribution is -2.50. The van der Waals surface area contributed by atoms with Crippen molar-refractivity contribution < 1.29 is 4.79 Å². The van der Waals surface area contributed by atoms with Gasteiger partial charge in [0.1, 0.15) is 5.01 Å². The maximum absolute atomic E-state index is 11.9. The zero-order valence-electron chi connectivity index (χ0n) is 9.91. The second-order valence-electron chi connectivity index (χ2n) is 3.67. The van der Waals surface area contributed by atoms with E-state index in [0.717, 1.165) is 11.4 Å². The van der Waals surface area contributed by atoms with Crippen molar-refractivity contribution in [3.8, 4) is 0 Å². The quantitative estimate of drug-likeness (QED) is 0.821. The van der Waals surface area contributed by atoms with Crippen LogP contribution in [0.1, 0.15) is 38.6 Å². The molecule has 0 fully saturated rings. The highest BCUT2D eigenvalue weighted by atomic mass is 32.1. The Balaban J connectivity index is 2.70. The van der Waals surface area contributed by atoms with Crippen molar-refractivity contribution in [2.45, 2.75) is 45.6 Å². The van der Waals surface area contributed by atoms with Crippen LogP contribution in [0.2, 0.25) is 0 Å². The van der Waals surface area contributed by atoms with E-state index in [1.165, 1.54) is 11.3 Å². The van der Waals surface area contributed by atoms with E-state index in [2.05, 4.69) is 15.5 Å². The monoisotopic (exact) mass is 242 g/mol. The van der Waals surface area contributed by atoms with Crippen LogP contribution in [0.25, 0.3) is 0 Å². The minimum atomic E-state index is -0.807. The predicted molar refractivity (Wildman–Crippen MR) is 65.4 cm³/mol. The van der Waals surface area contributed by atoms with E-state index < -0.39 is 5.54 Å². The molecular weight excluding hydrogens is 224 g/mol. The zero-order valence-corrected chi connectivity index (χ0v) is 10.7. The third-order valence-electron chi connectivity index (χ3n) is 2.70. The lowest BCUT2D eigenvalue weighted by atomic mass is 9.93. The third-order valence-corrected chi connectivity index (χ3v) is 3.69. The summed E-state index contributed by atoms with van der Waals surface area (Å²) in [6, 6.07) is 0. The smallest absolute Gasteiger partial charge is 0.246 e. The van der Waals surface area contributed by atoms with E-state index >= 15 is 0 Å². The average molecular weight is 242 g/mol. The SMILES string of the molecule is CCc1nnc(NC(=O)C(N)(CC)CC)s1. The van der Waals surface area contributed by atoms with Gasteiger partial charge >= 0.3 is 0 Å². The van der Waals surface area contributed by atoms with Gasteiger partial charge in [-0.3, -0.25) is 10.1 Å². The number of nitrogens with one attached hydrogen (secondary N) is 1. The molecule has 0 saturated carbocycles. The Bertz CT molecular complexity index is 359. The molecule has 1 aromatic heterocycles. The Morgan fingerprint density at radius 1 is 1.38 bits per heavy atom. The normalized spacial score (nSPS) is 11.5. The topological polar surface area (TPSA) is 80.9 Å². The Morgan fingerprint density at radius 2 is 2.00 bits per heavy atom. The van der Waals surface area contributed by atoms with E-state index in [-0.39, 0.29) is 5.91 Å². The van der Waals surface area contributed by atoms with Crippen molar-refractivity contribution in [3.05, 3.63) is 5.01 Å². The summed E-state index contributed by atoms with van der Waals surface area (Å²) in [5.41, 5.74) is 5.16. The van der Waals surface area contributed by atoms with Gasteiger partial charge in [-0.25, -0.2) is 0 Å². The van der Waals surface area contributed by atoms with Crippen molar-refractivity contribution in [1.82, 2.24) is 10.2 Å². The van der Waals surface area contributed by atoms with Gasteiger partial charge < -0.3 is 5.73 Å². The van der Waals surface area contributed by atoms with E-state index in [1.54, 1.807) is 0 Å². The number of aryl methyl sites for hydroxylation is 1. The first-order valence-corrected chi connectivity index (χ1v) is 6.30. The van der Waals surface area contributed by atoms with E-state index in [1.807, 2.05) is 20.8 Å². The number of nitrogens with zero attached hydrogens (tertiary/aromatic N) is 2. The number of anilines is 1. The molecule has 0 atom stereocenters. The molecule has 1 aromatic rings. The Kier molecular flexibility index (Phi) is 4.37. The fourth-order valence-corrected chi connectivity index (χ4v) is 1.91. The highest BCUT2D eigenvalue weighted by molar-refractivity contribution is 7.15. The van der Waals surface area contributed by atoms with Gasteiger partial charge in [0.15, 0.2) is 0 Å². The van der Waals surface area contributed by atoms with Crippen LogP contribution in [0.3, 0.4) is 0 Å². The molecule has 0 spiro atoms. The van der Waals surface area contributed by atoms with Crippen LogP contribution in [-0.2, 0) is 11.2 Å². The summed E-state index contributed by atoms with van der Waals surface area (Å²) >= 11 is 1.39. The summed E-state index contributed by atoms with van der Waals surface area (Å²) in [7, 11) is 0. The number of nitrogens with two attached hydrogens (primary N) is 1. The number of carbonyl (C=O) groups excluding carboxylic acids is 1. The molecule has 0 bridgehead atoms. The molecule has 0 aromatic carbocycles. The number of carbonyl (C=O) groups is 1. The molecule has 5 nitrogen and oxygen atoms in total. The van der Waals surface area contributed by atoms with Crippen LogP contribution in [-0.4, -0.2) is 21.6 Å². The lowest BCUT2D eigenvalue weighted by molar-refractivity contribution is -0.121. The molecule has 0 saturated heterocycles. The molecule has 0 aliphatic rings. The fourth-order valence-electron chi connectivity index (χ4n) is 1.24. The van der Waals surface area contributed by atoms with Crippen molar-refractivity contribution in [3.63, 3.8) is 0 Å². The summed E-state index contributed by atoms with van der Waals surface area (Å²) in [6.45, 7) is 5.80. The summed E-state index contributed by atoms with van der Waals surface area (Å²) in [5, 5.41) is 12.0. The maximum Gasteiger partial charge on any atom is 0.246 e. The van der Waals surface area contributed by atoms with Crippen molar-refractivity contribution >= 4 is 22.4 Å². The second-order valence-corrected chi connectivity index (χ2v) is 4.73. The van der Waals surface area contributed by atoms with Crippen LogP contribution >= 0.6 is 11.3 Å². The Morgan fingerprint density at radius 3 is 2.44 bits per heavy atom. The van der Waals surface area contributed by atoms with Gasteiger partial charge in [0.05, 0.1) is 5.54 Å². The minimum Gasteiger partial charge on any atom is -0.317 e. The minimum absolute atomic E-state index is 0.184. The van der Waals surface area contributed by atoms with Crippen LogP contribution in [0.5, 0.6) is 0 Å². The molecule has 1 amide bonds. The number of hydrogen-bond donors (Lipinski definition) is 2. The predicted octanol–water partition coefficient (Wildman–Crippen LogP) is 1.56. The second kappa shape index (κ2) is 5.36. The molecule has 0 aliphatic heterocycles. The van der Waals surface area contributed by atoms with Gasteiger partial charge in [-0.15, -0.1) is 10.2 Å². The van der Waals surface area contributed by atoms with Gasteiger partial charge in [-0.05, 0) is 19.3 Å². The summed E-state index contributed by atoms with van der Waals surface area (Å²) in [4.78, 5) is 11.9. The molecule has 3 N–H and O–H groups in total. The number of hydrogen-bond acceptors (Lipinski definition) is 5. The third kappa shape index (κ3) is 2.76. The lowest BCUT2D eigenvalue weighted by Gasteiger charge is -2.24. The van der Waals surface area contributed by atoms with E-state index in [9.17, 15) is 4.79 Å². The average Bonchev–Trinajstić information content (AvgIpc) is 2.75. The Labute approximate surface area is 99.5 Å². The molecule has 0 aliphatic carbocycles. The van der Waals surface area contributed by atoms with Gasteiger partial charge in [-0.2, -0.15) is 0 Å². The summed E-state index contributed by atoms with van der Waals surface area (Å²) < 4.78 is 0. The van der Waals surface area contributed by atoms with Crippen molar-refractivity contribution in [2.24, 2.45) is 5.73 Å². The molecule has 0 radical (unpaired) electrons. The van der Waals surface area contributed by atoms with Crippen LogP contribution in [0.4, 0.5) is 5.13 Å². The van der Waals surface area contributed by atoms with E-state index in [4.69, 9.17) is 5.73 Å². The number of rotatable bonds is 5. The first kappa shape index (κ1) is 13.1. The highest BCUT2D eigenvalue weighted by Gasteiger charge is 2.30. The van der Waals surface area contributed by atoms with E-state index in [0.29, 0.717) is 18.0 Å².